The molecule has 36 heavy (non-hydrogen) atoms. The number of nitrogens with zero attached hydrogens (tertiary/aromatic N) is 2. The van der Waals surface area contributed by atoms with Gasteiger partial charge in [0.2, 0.25) is 5.91 Å². The molecule has 0 aliphatic carbocycles. The van der Waals surface area contributed by atoms with Crippen LogP contribution in [0.15, 0.2) is 42.5 Å². The normalized spacial score (nSPS) is 21.5. The average Bonchev–Trinajstić information content (AvgIpc) is 3.29. The van der Waals surface area contributed by atoms with Crippen LogP contribution in [-0.2, 0) is 15.1 Å². The van der Waals surface area contributed by atoms with Gasteiger partial charge in [0.05, 0.1) is 26.0 Å². The highest BCUT2D eigenvalue weighted by Gasteiger charge is 2.56. The molecule has 1 N–H and O–H groups in total. The molecule has 0 bridgehead atoms. The lowest BCUT2D eigenvalue weighted by molar-refractivity contribution is -0.166. The predicted molar refractivity (Wildman–Crippen MR) is 139 cm³/mol. The Labute approximate surface area is 212 Å². The van der Waals surface area contributed by atoms with Crippen molar-refractivity contribution < 1.29 is 19.1 Å². The minimum Gasteiger partial charge on any atom is -0.493 e. The summed E-state index contributed by atoms with van der Waals surface area (Å²) in [5.74, 6) is 1.23. The number of carbonyl (C=O) groups is 2. The van der Waals surface area contributed by atoms with Crippen LogP contribution in [0.5, 0.6) is 11.5 Å². The second-order valence-corrected chi connectivity index (χ2v) is 9.93. The van der Waals surface area contributed by atoms with Gasteiger partial charge in [-0.25, -0.2) is 0 Å². The number of nitrogens with one attached hydrogen (secondary N) is 1. The first kappa shape index (κ1) is 24.2. The van der Waals surface area contributed by atoms with Crippen LogP contribution < -0.4 is 9.47 Å². The second kappa shape index (κ2) is 9.52. The molecular weight excluding hydrogens is 454 g/mol. The second-order valence-electron chi connectivity index (χ2n) is 9.93. The van der Waals surface area contributed by atoms with Gasteiger partial charge in [0.25, 0.3) is 5.91 Å². The summed E-state index contributed by atoms with van der Waals surface area (Å²) in [7, 11) is 1.64. The van der Waals surface area contributed by atoms with Crippen molar-refractivity contribution in [1.82, 2.24) is 14.8 Å². The van der Waals surface area contributed by atoms with Gasteiger partial charge in [-0.3, -0.25) is 9.59 Å². The minimum absolute atomic E-state index is 0.0114. The zero-order valence-corrected chi connectivity index (χ0v) is 21.6. The summed E-state index contributed by atoms with van der Waals surface area (Å²) < 4.78 is 11.5. The van der Waals surface area contributed by atoms with Crippen molar-refractivity contribution in [3.05, 3.63) is 59.3 Å². The number of piperazine rings is 1. The lowest BCUT2D eigenvalue weighted by Gasteiger charge is -2.51. The molecule has 0 saturated carbocycles. The van der Waals surface area contributed by atoms with Crippen molar-refractivity contribution in [1.29, 1.82) is 0 Å². The number of rotatable bonds is 8. The molecule has 5 rings (SSSR count). The lowest BCUT2D eigenvalue weighted by Crippen LogP contribution is -2.67. The molecule has 1 saturated heterocycles. The maximum absolute atomic E-state index is 13.9. The molecule has 7 nitrogen and oxygen atoms in total. The Kier molecular flexibility index (Phi) is 6.41. The Bertz CT molecular complexity index is 1300. The lowest BCUT2D eigenvalue weighted by atomic mass is 9.76. The van der Waals surface area contributed by atoms with Gasteiger partial charge in [-0.2, -0.15) is 0 Å². The topological polar surface area (TPSA) is 74.9 Å². The summed E-state index contributed by atoms with van der Waals surface area (Å²) in [6, 6.07) is 14.1. The van der Waals surface area contributed by atoms with Gasteiger partial charge in [0, 0.05) is 29.9 Å². The standard InChI is InChI=1S/C29H35N3O4/c1-5-7-14-31-18-25(33)32-17-21(19-12-13-23(36-15-6-2)24(16-19)35-4)26-20-10-8-9-11-22(20)30-27(26)29(32,3)28(31)34/h8-13,16,21,30H,5-7,14-15,17-18H2,1-4H3/t21-,29-/m0/s1. The monoisotopic (exact) mass is 489 g/mol. The van der Waals surface area contributed by atoms with Crippen LogP contribution in [0.25, 0.3) is 10.9 Å². The van der Waals surface area contributed by atoms with Crippen molar-refractivity contribution in [2.45, 2.75) is 51.5 Å². The summed E-state index contributed by atoms with van der Waals surface area (Å²) in [5, 5.41) is 1.08. The summed E-state index contributed by atoms with van der Waals surface area (Å²) in [6.07, 6.45) is 2.76. The first-order valence-corrected chi connectivity index (χ1v) is 13.0. The maximum Gasteiger partial charge on any atom is 0.254 e. The average molecular weight is 490 g/mol. The first-order chi connectivity index (χ1) is 17.4. The number of para-hydroxylation sites is 1. The van der Waals surface area contributed by atoms with E-state index in [4.69, 9.17) is 9.47 Å². The van der Waals surface area contributed by atoms with Crippen LogP contribution in [-0.4, -0.2) is 59.9 Å². The number of hydrogen-bond donors (Lipinski definition) is 1. The molecule has 3 aromatic rings. The third-order valence-electron chi connectivity index (χ3n) is 7.65. The van der Waals surface area contributed by atoms with Crippen molar-refractivity contribution >= 4 is 22.7 Å². The quantitative estimate of drug-likeness (QED) is 0.493. The summed E-state index contributed by atoms with van der Waals surface area (Å²) in [5.41, 5.74) is 2.81. The van der Waals surface area contributed by atoms with E-state index < -0.39 is 5.54 Å². The molecule has 1 fully saturated rings. The van der Waals surface area contributed by atoms with Crippen molar-refractivity contribution in [3.63, 3.8) is 0 Å². The molecule has 7 heteroatoms. The van der Waals surface area contributed by atoms with Gasteiger partial charge >= 0.3 is 0 Å². The number of unbranched alkanes of at least 4 members (excludes halogenated alkanes) is 1. The van der Waals surface area contributed by atoms with E-state index in [0.29, 0.717) is 31.2 Å². The molecule has 3 heterocycles. The van der Waals surface area contributed by atoms with Crippen molar-refractivity contribution in [3.8, 4) is 11.5 Å². The Morgan fingerprint density at radius 2 is 1.89 bits per heavy atom. The Morgan fingerprint density at radius 1 is 1.08 bits per heavy atom. The van der Waals surface area contributed by atoms with Gasteiger partial charge in [0.15, 0.2) is 17.0 Å². The first-order valence-electron chi connectivity index (χ1n) is 13.0. The fourth-order valence-corrected chi connectivity index (χ4v) is 5.74. The smallest absolute Gasteiger partial charge is 0.254 e. The Balaban J connectivity index is 1.66. The highest BCUT2D eigenvalue weighted by Crippen LogP contribution is 2.49. The molecule has 2 aromatic carbocycles. The predicted octanol–water partition coefficient (Wildman–Crippen LogP) is 4.80. The number of aromatic nitrogens is 1. The highest BCUT2D eigenvalue weighted by atomic mass is 16.5. The van der Waals surface area contributed by atoms with Crippen LogP contribution in [0.3, 0.4) is 0 Å². The fourth-order valence-electron chi connectivity index (χ4n) is 5.74. The largest absolute Gasteiger partial charge is 0.493 e. The molecule has 190 valence electrons. The van der Waals surface area contributed by atoms with Crippen molar-refractivity contribution in [2.24, 2.45) is 0 Å². The number of fused-ring (bicyclic) bond motifs is 5. The van der Waals surface area contributed by atoms with E-state index in [1.54, 1.807) is 16.9 Å². The summed E-state index contributed by atoms with van der Waals surface area (Å²) in [6.45, 7) is 7.83. The van der Waals surface area contributed by atoms with E-state index in [-0.39, 0.29) is 24.3 Å². The molecule has 1 aromatic heterocycles. The van der Waals surface area contributed by atoms with Crippen molar-refractivity contribution in [2.75, 3.05) is 33.4 Å². The fraction of sp³-hybridized carbons (Fsp3) is 0.448. The minimum atomic E-state index is -1.07. The highest BCUT2D eigenvalue weighted by molar-refractivity contribution is 6.01. The number of hydrogen-bond acceptors (Lipinski definition) is 4. The number of amides is 2. The molecule has 0 radical (unpaired) electrons. The number of benzene rings is 2. The molecule has 2 aliphatic rings. The number of carbonyl (C=O) groups excluding carboxylic acids is 2. The van der Waals surface area contributed by atoms with Crippen LogP contribution in [0.1, 0.15) is 62.8 Å². The molecule has 0 spiro atoms. The third-order valence-corrected chi connectivity index (χ3v) is 7.65. The molecular formula is C29H35N3O4. The SMILES string of the molecule is CCCCN1CC(=O)N2C[C@@H](c3ccc(OCCC)c(OC)c3)c3c([nH]c4ccccc34)[C@@]2(C)C1=O. The van der Waals surface area contributed by atoms with E-state index in [0.717, 1.165) is 47.0 Å². The number of H-pyrrole nitrogens is 1. The van der Waals surface area contributed by atoms with Gasteiger partial charge in [-0.05, 0) is 49.1 Å². The summed E-state index contributed by atoms with van der Waals surface area (Å²) >= 11 is 0. The zero-order valence-electron chi connectivity index (χ0n) is 21.6. The third kappa shape index (κ3) is 3.72. The maximum atomic E-state index is 13.9. The number of methoxy groups -OCH3 is 1. The van der Waals surface area contributed by atoms with Gasteiger partial charge < -0.3 is 24.3 Å². The van der Waals surface area contributed by atoms with Gasteiger partial charge in [-0.15, -0.1) is 0 Å². The number of aromatic amines is 1. The van der Waals surface area contributed by atoms with E-state index >= 15 is 0 Å². The summed E-state index contributed by atoms with van der Waals surface area (Å²) in [4.78, 5) is 34.5. The van der Waals surface area contributed by atoms with E-state index in [1.165, 1.54) is 0 Å². The van der Waals surface area contributed by atoms with E-state index in [9.17, 15) is 9.59 Å². The Hall–Kier alpha value is -3.48. The van der Waals surface area contributed by atoms with Crippen LogP contribution >= 0.6 is 0 Å². The van der Waals surface area contributed by atoms with E-state index in [2.05, 4.69) is 31.0 Å². The zero-order chi connectivity index (χ0) is 25.4. The van der Waals surface area contributed by atoms with E-state index in [1.807, 2.05) is 37.3 Å². The van der Waals surface area contributed by atoms with Crippen LogP contribution in [0.2, 0.25) is 0 Å². The molecule has 0 unspecified atom stereocenters. The van der Waals surface area contributed by atoms with Gasteiger partial charge in [-0.1, -0.05) is 44.5 Å². The van der Waals surface area contributed by atoms with Crippen LogP contribution in [0, 0.1) is 0 Å². The molecule has 2 aliphatic heterocycles. The van der Waals surface area contributed by atoms with Gasteiger partial charge in [0.1, 0.15) is 0 Å². The molecule has 2 amide bonds. The Morgan fingerprint density at radius 3 is 2.64 bits per heavy atom. The van der Waals surface area contributed by atoms with Crippen LogP contribution in [0.4, 0.5) is 0 Å². The molecule has 2 atom stereocenters. The number of ether oxygens (including phenoxy) is 2.